The average Bonchev–Trinajstić information content (AvgIpc) is 2.49. The molecule has 0 atom stereocenters. The van der Waals surface area contributed by atoms with Crippen molar-refractivity contribution in [1.82, 2.24) is 0 Å². The van der Waals surface area contributed by atoms with Crippen LogP contribution in [-0.2, 0) is 10.7 Å². The molecule has 1 amide bonds. The molecule has 17 heavy (non-hydrogen) atoms. The summed E-state index contributed by atoms with van der Waals surface area (Å²) in [7, 11) is 0. The summed E-state index contributed by atoms with van der Waals surface area (Å²) in [6.45, 7) is 0. The second kappa shape index (κ2) is 3.54. The summed E-state index contributed by atoms with van der Waals surface area (Å²) in [5.74, 6) is -7.31. The van der Waals surface area contributed by atoms with Gasteiger partial charge in [-0.1, -0.05) is 12.1 Å². The van der Waals surface area contributed by atoms with E-state index in [0.717, 1.165) is 18.2 Å². The van der Waals surface area contributed by atoms with Crippen LogP contribution in [0.25, 0.3) is 0 Å². The summed E-state index contributed by atoms with van der Waals surface area (Å²) in [5, 5.41) is 1.84. The number of carbonyl (C=O) groups excluding carboxylic acids is 2. The summed E-state index contributed by atoms with van der Waals surface area (Å²) in [5.41, 5.74) is -2.12. The van der Waals surface area contributed by atoms with Gasteiger partial charge in [0, 0.05) is 5.56 Å². The minimum atomic E-state index is -3.96. The van der Waals surface area contributed by atoms with E-state index in [1.165, 1.54) is 0 Å². The first kappa shape index (κ1) is 11.6. The van der Waals surface area contributed by atoms with Gasteiger partial charge in [0.25, 0.3) is 5.91 Å². The van der Waals surface area contributed by atoms with E-state index in [0.29, 0.717) is 0 Å². The highest BCUT2D eigenvalue weighted by Crippen LogP contribution is 2.42. The second-order valence-electron chi connectivity index (χ2n) is 3.42. The van der Waals surface area contributed by atoms with E-state index in [4.69, 9.17) is 0 Å². The van der Waals surface area contributed by atoms with Gasteiger partial charge >= 0.3 is 12.3 Å². The van der Waals surface area contributed by atoms with Crippen molar-refractivity contribution in [3.05, 3.63) is 29.3 Å². The third-order valence-corrected chi connectivity index (χ3v) is 2.38. The van der Waals surface area contributed by atoms with Crippen molar-refractivity contribution in [1.29, 1.82) is 0 Å². The number of amides is 1. The lowest BCUT2D eigenvalue weighted by Gasteiger charge is -2.10. The van der Waals surface area contributed by atoms with Gasteiger partial charge in [0.2, 0.25) is 5.78 Å². The van der Waals surface area contributed by atoms with Gasteiger partial charge in [-0.25, -0.2) is 8.78 Å². The second-order valence-corrected chi connectivity index (χ2v) is 3.42. The molecule has 1 aromatic carbocycles. The summed E-state index contributed by atoms with van der Waals surface area (Å²) >= 11 is 0. The number of benzene rings is 1. The Labute approximate surface area is 92.4 Å². The molecule has 7 heteroatoms. The smallest absolute Gasteiger partial charge is 0.320 e. The average molecular weight is 247 g/mol. The van der Waals surface area contributed by atoms with E-state index in [1.807, 2.05) is 5.32 Å². The van der Waals surface area contributed by atoms with Gasteiger partial charge < -0.3 is 5.32 Å². The fourth-order valence-corrected chi connectivity index (χ4v) is 1.63. The zero-order valence-corrected chi connectivity index (χ0v) is 8.14. The maximum atomic E-state index is 13.4. The Hall–Kier alpha value is -1.92. The number of alkyl halides is 4. The minimum absolute atomic E-state index is 0.313. The number of rotatable bonds is 2. The van der Waals surface area contributed by atoms with Crippen molar-refractivity contribution < 1.29 is 27.2 Å². The van der Waals surface area contributed by atoms with E-state index >= 15 is 0 Å². The van der Waals surface area contributed by atoms with Gasteiger partial charge in [0.05, 0.1) is 11.3 Å². The van der Waals surface area contributed by atoms with E-state index in [1.54, 1.807) is 0 Å². The first-order valence-electron chi connectivity index (χ1n) is 4.51. The topological polar surface area (TPSA) is 46.2 Å². The fraction of sp³-hybridized carbons (Fsp3) is 0.200. The molecular weight excluding hydrogens is 242 g/mol. The predicted octanol–water partition coefficient (Wildman–Crippen LogP) is 2.18. The molecule has 0 aromatic heterocycles. The van der Waals surface area contributed by atoms with Crippen LogP contribution in [0.1, 0.15) is 15.9 Å². The Bertz CT molecular complexity index is 513. The van der Waals surface area contributed by atoms with Crippen LogP contribution in [0.15, 0.2) is 18.2 Å². The Morgan fingerprint density at radius 3 is 2.53 bits per heavy atom. The molecule has 1 aromatic rings. The molecule has 0 radical (unpaired) electrons. The van der Waals surface area contributed by atoms with Crippen LogP contribution in [0.3, 0.4) is 0 Å². The van der Waals surface area contributed by atoms with E-state index in [-0.39, 0.29) is 5.69 Å². The highest BCUT2D eigenvalue weighted by molar-refractivity contribution is 6.10. The lowest BCUT2D eigenvalue weighted by molar-refractivity contribution is -0.139. The van der Waals surface area contributed by atoms with Crippen molar-refractivity contribution in [2.75, 3.05) is 5.32 Å². The number of hydrogen-bond acceptors (Lipinski definition) is 2. The minimum Gasteiger partial charge on any atom is -0.320 e. The molecule has 0 fully saturated rings. The monoisotopic (exact) mass is 247 g/mol. The van der Waals surface area contributed by atoms with Crippen LogP contribution in [0.4, 0.5) is 23.2 Å². The van der Waals surface area contributed by atoms with Crippen LogP contribution in [0.5, 0.6) is 0 Å². The number of nitrogens with one attached hydrogen (secondary N) is 1. The summed E-state index contributed by atoms with van der Waals surface area (Å²) in [6, 6.07) is 3.12. The summed E-state index contributed by atoms with van der Waals surface area (Å²) in [6.07, 6.45) is -3.40. The highest BCUT2D eigenvalue weighted by Gasteiger charge is 2.51. The Morgan fingerprint density at radius 2 is 1.94 bits per heavy atom. The quantitative estimate of drug-likeness (QED) is 0.643. The number of carbonyl (C=O) groups is 2. The number of Topliss-reactive ketones (excluding diaryl/α,β-unsaturated/α-hetero) is 1. The normalized spacial score (nSPS) is 16.9. The van der Waals surface area contributed by atoms with Gasteiger partial charge in [-0.05, 0) is 6.07 Å². The van der Waals surface area contributed by atoms with Crippen molar-refractivity contribution in [2.24, 2.45) is 0 Å². The lowest BCUT2D eigenvalue weighted by atomic mass is 9.99. The number of fused-ring (bicyclic) bond motifs is 1. The molecule has 90 valence electrons. The van der Waals surface area contributed by atoms with Crippen molar-refractivity contribution >= 4 is 17.4 Å². The molecule has 0 saturated carbocycles. The van der Waals surface area contributed by atoms with Crippen molar-refractivity contribution in [2.45, 2.75) is 12.3 Å². The maximum Gasteiger partial charge on any atom is 0.352 e. The number of ketones is 1. The van der Waals surface area contributed by atoms with Crippen molar-refractivity contribution in [3.63, 3.8) is 0 Å². The van der Waals surface area contributed by atoms with Crippen molar-refractivity contribution in [3.8, 4) is 0 Å². The van der Waals surface area contributed by atoms with Gasteiger partial charge in [0.1, 0.15) is 0 Å². The number of hydrogen-bond donors (Lipinski definition) is 1. The SMILES string of the molecule is O=C(c1cccc2c1C(F)(F)C(=O)N2)C(F)F. The molecule has 0 bridgehead atoms. The third-order valence-electron chi connectivity index (χ3n) is 2.38. The van der Waals surface area contributed by atoms with Crippen LogP contribution < -0.4 is 5.32 Å². The van der Waals surface area contributed by atoms with Crippen LogP contribution in [0.2, 0.25) is 0 Å². The maximum absolute atomic E-state index is 13.4. The Morgan fingerprint density at radius 1 is 1.29 bits per heavy atom. The molecule has 0 unspecified atom stereocenters. The first-order valence-corrected chi connectivity index (χ1v) is 4.51. The van der Waals surface area contributed by atoms with Crippen LogP contribution in [0, 0.1) is 0 Å². The Kier molecular flexibility index (Phi) is 2.41. The lowest BCUT2D eigenvalue weighted by Crippen LogP contribution is -2.26. The summed E-state index contributed by atoms with van der Waals surface area (Å²) < 4.78 is 51.3. The van der Waals surface area contributed by atoms with Gasteiger partial charge in [-0.3, -0.25) is 9.59 Å². The molecule has 0 spiro atoms. The van der Waals surface area contributed by atoms with Gasteiger partial charge in [-0.2, -0.15) is 8.78 Å². The van der Waals surface area contributed by atoms with Crippen LogP contribution in [-0.4, -0.2) is 18.1 Å². The van der Waals surface area contributed by atoms with E-state index in [2.05, 4.69) is 0 Å². The predicted molar refractivity (Wildman–Crippen MR) is 49.3 cm³/mol. The molecule has 3 nitrogen and oxygen atoms in total. The van der Waals surface area contributed by atoms with Gasteiger partial charge in [0.15, 0.2) is 0 Å². The Balaban J connectivity index is 2.64. The molecule has 1 heterocycles. The van der Waals surface area contributed by atoms with Gasteiger partial charge in [-0.15, -0.1) is 0 Å². The van der Waals surface area contributed by atoms with E-state index in [9.17, 15) is 27.2 Å². The number of anilines is 1. The summed E-state index contributed by atoms with van der Waals surface area (Å²) in [4.78, 5) is 22.0. The molecule has 2 rings (SSSR count). The molecule has 1 N–H and O–H groups in total. The number of halogens is 4. The molecule has 0 saturated heterocycles. The largest absolute Gasteiger partial charge is 0.352 e. The molecular formula is C10H5F4NO2. The highest BCUT2D eigenvalue weighted by atomic mass is 19.3. The standard InChI is InChI=1S/C10H5F4NO2/c11-8(12)7(16)4-2-1-3-5-6(4)10(13,14)9(17)15-5/h1-3,8H,(H,15,17). The zero-order valence-electron chi connectivity index (χ0n) is 8.14. The first-order chi connectivity index (χ1) is 7.85. The van der Waals surface area contributed by atoms with Crippen LogP contribution >= 0.6 is 0 Å². The molecule has 1 aliphatic rings. The molecule has 0 aliphatic carbocycles. The molecule has 1 aliphatic heterocycles. The zero-order chi connectivity index (χ0) is 12.8. The van der Waals surface area contributed by atoms with E-state index < -0.39 is 35.2 Å². The fourth-order valence-electron chi connectivity index (χ4n) is 1.63. The third kappa shape index (κ3) is 1.58.